The van der Waals surface area contributed by atoms with Crippen molar-refractivity contribution in [1.82, 2.24) is 24.0 Å². The fourth-order valence-corrected chi connectivity index (χ4v) is 4.61. The van der Waals surface area contributed by atoms with Crippen molar-refractivity contribution >= 4 is 29.4 Å². The predicted octanol–water partition coefficient (Wildman–Crippen LogP) is 2.51. The highest BCUT2D eigenvalue weighted by atomic mass is 35.5. The summed E-state index contributed by atoms with van der Waals surface area (Å²) >= 11 is 0. The second-order valence-electron chi connectivity index (χ2n) is 9.31. The van der Waals surface area contributed by atoms with Crippen LogP contribution in [0.1, 0.15) is 34.3 Å². The Hall–Kier alpha value is -3.69. The van der Waals surface area contributed by atoms with E-state index < -0.39 is 5.69 Å². The van der Waals surface area contributed by atoms with Gasteiger partial charge in [-0.05, 0) is 61.7 Å². The largest absolute Gasteiger partial charge is 0.493 e. The maximum Gasteiger partial charge on any atom is 0.332 e. The molecule has 4 aromatic rings. The van der Waals surface area contributed by atoms with Crippen LogP contribution in [0, 0.1) is 5.92 Å². The van der Waals surface area contributed by atoms with E-state index in [-0.39, 0.29) is 23.7 Å². The highest BCUT2D eigenvalue weighted by molar-refractivity contribution is 6.09. The molecule has 9 nitrogen and oxygen atoms in total. The average molecular weight is 524 g/mol. The molecule has 2 aromatic heterocycles. The van der Waals surface area contributed by atoms with Crippen LogP contribution in [0.5, 0.6) is 5.75 Å². The number of hydrogen-bond acceptors (Lipinski definition) is 6. The number of nitrogens with zero attached hydrogens (tertiary/aromatic N) is 4. The van der Waals surface area contributed by atoms with Gasteiger partial charge in [-0.3, -0.25) is 18.7 Å². The lowest BCUT2D eigenvalue weighted by Gasteiger charge is -2.22. The lowest BCUT2D eigenvalue weighted by Crippen LogP contribution is -2.37. The Morgan fingerprint density at radius 2 is 1.59 bits per heavy atom. The molecule has 0 saturated carbocycles. The van der Waals surface area contributed by atoms with Crippen LogP contribution < -0.4 is 21.3 Å². The number of ether oxygens (including phenoxy) is 1. The molecule has 1 aliphatic rings. The molecular formula is C27H30ClN5O4. The Bertz CT molecular complexity index is 1510. The Kier molecular flexibility index (Phi) is 7.94. The van der Waals surface area contributed by atoms with Gasteiger partial charge in [-0.25, -0.2) is 9.78 Å². The van der Waals surface area contributed by atoms with Crippen molar-refractivity contribution in [2.45, 2.75) is 19.4 Å². The van der Waals surface area contributed by atoms with E-state index in [1.54, 1.807) is 42.2 Å². The Morgan fingerprint density at radius 1 is 0.973 bits per heavy atom. The SMILES string of the molecule is Cl.Cn1c(=O)c2c(ncn2Cc2ccc(C(=O)c3ccc(OCC4CCNCC4)cc3)cc2)n(C)c1=O. The molecule has 5 rings (SSSR count). The van der Waals surface area contributed by atoms with Crippen molar-refractivity contribution in [3.8, 4) is 5.75 Å². The average Bonchev–Trinajstić information content (AvgIpc) is 3.34. The Labute approximate surface area is 220 Å². The van der Waals surface area contributed by atoms with Crippen molar-refractivity contribution in [3.05, 3.63) is 92.4 Å². The van der Waals surface area contributed by atoms with Crippen LogP contribution in [0.15, 0.2) is 64.4 Å². The van der Waals surface area contributed by atoms with Gasteiger partial charge in [-0.1, -0.05) is 24.3 Å². The molecule has 0 atom stereocenters. The van der Waals surface area contributed by atoms with Crippen LogP contribution in [0.2, 0.25) is 0 Å². The van der Waals surface area contributed by atoms with Gasteiger partial charge in [-0.2, -0.15) is 0 Å². The van der Waals surface area contributed by atoms with Gasteiger partial charge in [0.05, 0.1) is 12.9 Å². The summed E-state index contributed by atoms with van der Waals surface area (Å²) in [5.41, 5.74) is 1.99. The maximum atomic E-state index is 13.0. The minimum atomic E-state index is -0.415. The number of halogens is 1. The van der Waals surface area contributed by atoms with Gasteiger partial charge in [0.2, 0.25) is 0 Å². The molecule has 1 fully saturated rings. The van der Waals surface area contributed by atoms with Crippen molar-refractivity contribution in [3.63, 3.8) is 0 Å². The fourth-order valence-electron chi connectivity index (χ4n) is 4.61. The minimum Gasteiger partial charge on any atom is -0.493 e. The van der Waals surface area contributed by atoms with Crippen LogP contribution in [0.4, 0.5) is 0 Å². The molecule has 1 saturated heterocycles. The maximum absolute atomic E-state index is 13.0. The molecule has 1 N–H and O–H groups in total. The van der Waals surface area contributed by atoms with Crippen molar-refractivity contribution < 1.29 is 9.53 Å². The number of imidazole rings is 1. The summed E-state index contributed by atoms with van der Waals surface area (Å²) < 4.78 is 10.1. The van der Waals surface area contributed by atoms with Gasteiger partial charge in [-0.15, -0.1) is 12.4 Å². The first-order chi connectivity index (χ1) is 17.4. The number of fused-ring (bicyclic) bond motifs is 1. The van der Waals surface area contributed by atoms with E-state index in [1.165, 1.54) is 11.6 Å². The zero-order valence-electron chi connectivity index (χ0n) is 20.8. The third-order valence-electron chi connectivity index (χ3n) is 6.85. The summed E-state index contributed by atoms with van der Waals surface area (Å²) in [4.78, 5) is 42.0. The number of nitrogens with one attached hydrogen (secondary N) is 1. The standard InChI is InChI=1S/C27H29N5O4.ClH/c1-30-25-23(26(34)31(2)27(30)35)32(17-29-25)15-18-3-5-20(6-4-18)24(33)21-7-9-22(10-8-21)36-16-19-11-13-28-14-12-19;/h3-10,17,19,28H,11-16H2,1-2H3;1H. The summed E-state index contributed by atoms with van der Waals surface area (Å²) in [7, 11) is 3.05. The third kappa shape index (κ3) is 5.38. The van der Waals surface area contributed by atoms with E-state index in [0.29, 0.717) is 41.4 Å². The minimum absolute atomic E-state index is 0. The quantitative estimate of drug-likeness (QED) is 0.374. The summed E-state index contributed by atoms with van der Waals surface area (Å²) in [5.74, 6) is 1.28. The number of piperidine rings is 1. The Balaban J connectivity index is 0.00000320. The first-order valence-corrected chi connectivity index (χ1v) is 12.1. The summed E-state index contributed by atoms with van der Waals surface area (Å²) in [6, 6.07) is 14.6. The molecule has 10 heteroatoms. The van der Waals surface area contributed by atoms with Crippen molar-refractivity contribution in [1.29, 1.82) is 0 Å². The molecule has 3 heterocycles. The monoisotopic (exact) mass is 523 g/mol. The van der Waals surface area contributed by atoms with Crippen LogP contribution in [-0.4, -0.2) is 44.2 Å². The molecule has 0 radical (unpaired) electrons. The second kappa shape index (κ2) is 11.1. The van der Waals surface area contributed by atoms with E-state index in [4.69, 9.17) is 4.74 Å². The third-order valence-corrected chi connectivity index (χ3v) is 6.85. The molecule has 1 aliphatic heterocycles. The molecule has 0 unspecified atom stereocenters. The van der Waals surface area contributed by atoms with Gasteiger partial charge < -0.3 is 14.6 Å². The first-order valence-electron chi connectivity index (χ1n) is 12.1. The topological polar surface area (TPSA) is 100 Å². The lowest BCUT2D eigenvalue weighted by atomic mass is 9.99. The second-order valence-corrected chi connectivity index (χ2v) is 9.31. The van der Waals surface area contributed by atoms with Crippen LogP contribution in [0.3, 0.4) is 0 Å². The van der Waals surface area contributed by atoms with Gasteiger partial charge >= 0.3 is 5.69 Å². The smallest absolute Gasteiger partial charge is 0.332 e. The normalized spacial score (nSPS) is 13.9. The van der Waals surface area contributed by atoms with Crippen molar-refractivity contribution in [2.24, 2.45) is 20.0 Å². The summed E-state index contributed by atoms with van der Waals surface area (Å²) in [5, 5.41) is 3.36. The number of carbonyl (C=O) groups excluding carboxylic acids is 1. The zero-order chi connectivity index (χ0) is 25.2. The highest BCUT2D eigenvalue weighted by Crippen LogP contribution is 2.19. The van der Waals surface area contributed by atoms with Crippen LogP contribution >= 0.6 is 12.4 Å². The molecule has 0 amide bonds. The van der Waals surface area contributed by atoms with E-state index in [1.807, 2.05) is 24.3 Å². The molecule has 37 heavy (non-hydrogen) atoms. The number of rotatable bonds is 7. The number of carbonyl (C=O) groups is 1. The van der Waals surface area contributed by atoms with Crippen LogP contribution in [0.25, 0.3) is 11.2 Å². The van der Waals surface area contributed by atoms with E-state index in [9.17, 15) is 14.4 Å². The number of ketones is 1. The van der Waals surface area contributed by atoms with E-state index in [2.05, 4.69) is 10.3 Å². The molecule has 0 spiro atoms. The molecular weight excluding hydrogens is 494 g/mol. The van der Waals surface area contributed by atoms with Gasteiger partial charge in [0.25, 0.3) is 5.56 Å². The van der Waals surface area contributed by atoms with E-state index in [0.717, 1.165) is 41.8 Å². The van der Waals surface area contributed by atoms with Crippen LogP contribution in [-0.2, 0) is 20.6 Å². The predicted molar refractivity (Wildman–Crippen MR) is 144 cm³/mol. The summed E-state index contributed by atoms with van der Waals surface area (Å²) in [6.07, 6.45) is 3.80. The van der Waals surface area contributed by atoms with Gasteiger partial charge in [0, 0.05) is 31.8 Å². The number of aryl methyl sites for hydroxylation is 1. The Morgan fingerprint density at radius 3 is 2.24 bits per heavy atom. The molecule has 194 valence electrons. The zero-order valence-corrected chi connectivity index (χ0v) is 21.7. The number of aromatic nitrogens is 4. The molecule has 2 aromatic carbocycles. The lowest BCUT2D eigenvalue weighted by molar-refractivity contribution is 0.103. The van der Waals surface area contributed by atoms with Gasteiger partial charge in [0.15, 0.2) is 16.9 Å². The van der Waals surface area contributed by atoms with E-state index >= 15 is 0 Å². The fraction of sp³-hybridized carbons (Fsp3) is 0.333. The molecule has 0 aliphatic carbocycles. The van der Waals surface area contributed by atoms with Crippen molar-refractivity contribution in [2.75, 3.05) is 19.7 Å². The number of hydrogen-bond donors (Lipinski definition) is 1. The van der Waals surface area contributed by atoms with Gasteiger partial charge in [0.1, 0.15) is 5.75 Å². The summed E-state index contributed by atoms with van der Waals surface area (Å²) in [6.45, 7) is 3.17. The first kappa shape index (κ1) is 26.4. The highest BCUT2D eigenvalue weighted by Gasteiger charge is 2.16. The molecule has 0 bridgehead atoms. The number of benzene rings is 2.